The summed E-state index contributed by atoms with van der Waals surface area (Å²) in [5, 5.41) is 9.27. The number of nitrogens with zero attached hydrogens (tertiary/aromatic N) is 5. The summed E-state index contributed by atoms with van der Waals surface area (Å²) in [7, 11) is 0. The van der Waals surface area contributed by atoms with Crippen LogP contribution in [0, 0.1) is 12.7 Å². The maximum atomic E-state index is 14.0. The van der Waals surface area contributed by atoms with Gasteiger partial charge in [0.1, 0.15) is 12.1 Å². The van der Waals surface area contributed by atoms with E-state index in [2.05, 4.69) is 15.1 Å². The number of aromatic nitrogens is 3. The van der Waals surface area contributed by atoms with Crippen LogP contribution < -0.4 is 0 Å². The molecule has 0 aliphatic carbocycles. The summed E-state index contributed by atoms with van der Waals surface area (Å²) in [6.07, 6.45) is 1.66. The first-order chi connectivity index (χ1) is 15.0. The number of carbonyl (C=O) groups is 1. The van der Waals surface area contributed by atoms with E-state index in [4.69, 9.17) is 11.6 Å². The zero-order chi connectivity index (χ0) is 21.8. The summed E-state index contributed by atoms with van der Waals surface area (Å²) in [5.41, 5.74) is 2.65. The lowest BCUT2D eigenvalue weighted by atomic mass is 10.2. The van der Waals surface area contributed by atoms with Crippen LogP contribution in [-0.2, 0) is 11.3 Å². The number of halogens is 2. The molecule has 2 aromatic carbocycles. The van der Waals surface area contributed by atoms with Gasteiger partial charge in [-0.2, -0.15) is 0 Å². The molecule has 0 N–H and O–H groups in total. The maximum absolute atomic E-state index is 14.0. The smallest absolute Gasteiger partial charge is 0.233 e. The Morgan fingerprint density at radius 2 is 1.87 bits per heavy atom. The van der Waals surface area contributed by atoms with Crippen LogP contribution in [0.2, 0.25) is 5.02 Å². The Hall–Kier alpha value is -2.42. The molecule has 0 unspecified atom stereocenters. The highest BCUT2D eigenvalue weighted by Gasteiger charge is 2.23. The molecule has 1 aliphatic heterocycles. The second-order valence-electron chi connectivity index (χ2n) is 7.46. The molecular formula is C22H23ClFN5OS. The number of carbonyl (C=O) groups excluding carboxylic acids is 1. The van der Waals surface area contributed by atoms with E-state index in [1.807, 2.05) is 40.7 Å². The van der Waals surface area contributed by atoms with E-state index in [-0.39, 0.29) is 11.7 Å². The summed E-state index contributed by atoms with van der Waals surface area (Å²) >= 11 is 7.52. The molecule has 0 saturated carbocycles. The molecule has 3 aromatic rings. The van der Waals surface area contributed by atoms with Gasteiger partial charge >= 0.3 is 0 Å². The van der Waals surface area contributed by atoms with E-state index < -0.39 is 0 Å². The van der Waals surface area contributed by atoms with Crippen LogP contribution in [-0.4, -0.2) is 62.4 Å². The van der Waals surface area contributed by atoms with Gasteiger partial charge in [-0.1, -0.05) is 47.1 Å². The quantitative estimate of drug-likeness (QED) is 0.525. The second kappa shape index (κ2) is 9.80. The van der Waals surface area contributed by atoms with Crippen LogP contribution in [0.1, 0.15) is 11.1 Å². The highest BCUT2D eigenvalue weighted by atomic mass is 35.5. The largest absolute Gasteiger partial charge is 0.339 e. The van der Waals surface area contributed by atoms with Crippen molar-refractivity contribution in [2.24, 2.45) is 0 Å². The summed E-state index contributed by atoms with van der Waals surface area (Å²) in [4.78, 5) is 16.7. The first-order valence-electron chi connectivity index (χ1n) is 10.0. The molecule has 1 aromatic heterocycles. The Morgan fingerprint density at radius 1 is 1.13 bits per heavy atom. The Kier molecular flexibility index (Phi) is 6.89. The molecule has 6 nitrogen and oxygen atoms in total. The van der Waals surface area contributed by atoms with E-state index in [9.17, 15) is 9.18 Å². The number of benzene rings is 2. The molecule has 0 radical (unpaired) electrons. The minimum atomic E-state index is -0.292. The first kappa shape index (κ1) is 21.8. The SMILES string of the molecule is Cc1ccc(-n2cnnc2SCC(=O)N2CCN(Cc3c(F)cccc3Cl)CC2)cc1. The molecule has 0 bridgehead atoms. The Balaban J connectivity index is 1.29. The average Bonchev–Trinajstić information content (AvgIpc) is 3.24. The average molecular weight is 460 g/mol. The fourth-order valence-corrected chi connectivity index (χ4v) is 4.54. The molecule has 1 saturated heterocycles. The van der Waals surface area contributed by atoms with Gasteiger partial charge in [0.25, 0.3) is 0 Å². The number of piperazine rings is 1. The predicted molar refractivity (Wildman–Crippen MR) is 120 cm³/mol. The number of hydrogen-bond acceptors (Lipinski definition) is 5. The molecule has 2 heterocycles. The fraction of sp³-hybridized carbons (Fsp3) is 0.318. The van der Waals surface area contributed by atoms with Crippen LogP contribution in [0.15, 0.2) is 53.9 Å². The third kappa shape index (κ3) is 5.26. The van der Waals surface area contributed by atoms with E-state index in [1.54, 1.807) is 18.5 Å². The summed E-state index contributed by atoms with van der Waals surface area (Å²) in [6, 6.07) is 12.8. The number of thioether (sulfide) groups is 1. The fourth-order valence-electron chi connectivity index (χ4n) is 3.49. The van der Waals surface area contributed by atoms with Crippen molar-refractivity contribution in [3.63, 3.8) is 0 Å². The zero-order valence-corrected chi connectivity index (χ0v) is 18.7. The van der Waals surface area contributed by atoms with Gasteiger partial charge in [-0.05, 0) is 31.2 Å². The number of rotatable bonds is 6. The van der Waals surface area contributed by atoms with Crippen LogP contribution in [0.4, 0.5) is 4.39 Å². The van der Waals surface area contributed by atoms with Gasteiger partial charge in [-0.25, -0.2) is 4.39 Å². The van der Waals surface area contributed by atoms with Crippen molar-refractivity contribution >= 4 is 29.3 Å². The normalized spacial score (nSPS) is 14.7. The van der Waals surface area contributed by atoms with Crippen molar-refractivity contribution in [3.05, 3.63) is 70.8 Å². The van der Waals surface area contributed by atoms with Gasteiger partial charge in [0, 0.05) is 49.0 Å². The Morgan fingerprint density at radius 3 is 2.58 bits per heavy atom. The number of hydrogen-bond donors (Lipinski definition) is 0. The lowest BCUT2D eigenvalue weighted by Crippen LogP contribution is -2.48. The van der Waals surface area contributed by atoms with Crippen LogP contribution in [0.5, 0.6) is 0 Å². The molecule has 1 fully saturated rings. The molecule has 31 heavy (non-hydrogen) atoms. The predicted octanol–water partition coefficient (Wildman–Crippen LogP) is 3.80. The number of amides is 1. The van der Waals surface area contributed by atoms with E-state index in [0.717, 1.165) is 5.69 Å². The van der Waals surface area contributed by atoms with Crippen molar-refractivity contribution in [2.45, 2.75) is 18.6 Å². The molecule has 1 amide bonds. The third-order valence-electron chi connectivity index (χ3n) is 5.32. The minimum absolute atomic E-state index is 0.0621. The van der Waals surface area contributed by atoms with Crippen molar-refractivity contribution in [1.82, 2.24) is 24.6 Å². The van der Waals surface area contributed by atoms with E-state index in [1.165, 1.54) is 23.4 Å². The minimum Gasteiger partial charge on any atom is -0.339 e. The van der Waals surface area contributed by atoms with E-state index in [0.29, 0.717) is 54.2 Å². The topological polar surface area (TPSA) is 54.3 Å². The zero-order valence-electron chi connectivity index (χ0n) is 17.2. The molecule has 1 aliphatic rings. The molecule has 0 atom stereocenters. The van der Waals surface area contributed by atoms with Crippen molar-refractivity contribution in [1.29, 1.82) is 0 Å². The highest BCUT2D eigenvalue weighted by Crippen LogP contribution is 2.23. The molecule has 162 valence electrons. The second-order valence-corrected chi connectivity index (χ2v) is 8.81. The maximum Gasteiger partial charge on any atom is 0.233 e. The Labute approximate surface area is 190 Å². The third-order valence-corrected chi connectivity index (χ3v) is 6.60. The van der Waals surface area contributed by atoms with Crippen molar-refractivity contribution in [3.8, 4) is 5.69 Å². The van der Waals surface area contributed by atoms with Gasteiger partial charge in [0.05, 0.1) is 5.75 Å². The van der Waals surface area contributed by atoms with Crippen LogP contribution >= 0.6 is 23.4 Å². The number of aryl methyl sites for hydroxylation is 1. The first-order valence-corrected chi connectivity index (χ1v) is 11.4. The lowest BCUT2D eigenvalue weighted by molar-refractivity contribution is -0.130. The van der Waals surface area contributed by atoms with Gasteiger partial charge in [0.15, 0.2) is 5.16 Å². The highest BCUT2D eigenvalue weighted by molar-refractivity contribution is 7.99. The Bertz CT molecular complexity index is 1030. The van der Waals surface area contributed by atoms with Gasteiger partial charge in [-0.3, -0.25) is 14.3 Å². The van der Waals surface area contributed by atoms with Gasteiger partial charge in [-0.15, -0.1) is 10.2 Å². The summed E-state index contributed by atoms with van der Waals surface area (Å²) in [6.45, 7) is 5.06. The van der Waals surface area contributed by atoms with Crippen molar-refractivity contribution in [2.75, 3.05) is 31.9 Å². The van der Waals surface area contributed by atoms with Crippen LogP contribution in [0.3, 0.4) is 0 Å². The van der Waals surface area contributed by atoms with Gasteiger partial charge in [0.2, 0.25) is 5.91 Å². The van der Waals surface area contributed by atoms with E-state index >= 15 is 0 Å². The summed E-state index contributed by atoms with van der Waals surface area (Å²) < 4.78 is 15.9. The lowest BCUT2D eigenvalue weighted by Gasteiger charge is -2.34. The van der Waals surface area contributed by atoms with Crippen molar-refractivity contribution < 1.29 is 9.18 Å². The molecule has 4 rings (SSSR count). The standard InChI is InChI=1S/C22H23ClFN5OS/c1-16-5-7-17(8-6-16)29-15-25-26-22(29)31-14-21(30)28-11-9-27(10-12-28)13-18-19(23)3-2-4-20(18)24/h2-8,15H,9-14H2,1H3. The van der Waals surface area contributed by atoms with Crippen LogP contribution in [0.25, 0.3) is 5.69 Å². The monoisotopic (exact) mass is 459 g/mol. The van der Waals surface area contributed by atoms with Gasteiger partial charge < -0.3 is 4.90 Å². The molecule has 0 spiro atoms. The summed E-state index contributed by atoms with van der Waals surface area (Å²) in [5.74, 6) is 0.0658. The molecule has 9 heteroatoms. The molecular weight excluding hydrogens is 437 g/mol.